The van der Waals surface area contributed by atoms with E-state index >= 15 is 0 Å². The Labute approximate surface area is 210 Å². The first-order chi connectivity index (χ1) is 17.0. The van der Waals surface area contributed by atoms with Crippen LogP contribution >= 0.6 is 11.3 Å². The lowest BCUT2D eigenvalue weighted by atomic mass is 9.85. The van der Waals surface area contributed by atoms with Crippen molar-refractivity contribution in [2.24, 2.45) is 22.1 Å². The molecule has 5 unspecified atom stereocenters. The molecule has 8 heteroatoms. The molecule has 0 bridgehead atoms. The van der Waals surface area contributed by atoms with Gasteiger partial charge in [-0.3, -0.25) is 9.88 Å². The van der Waals surface area contributed by atoms with Crippen molar-refractivity contribution in [3.05, 3.63) is 50.3 Å². The molecule has 0 radical (unpaired) electrons. The molecule has 184 valence electrons. The van der Waals surface area contributed by atoms with Crippen LogP contribution in [0.1, 0.15) is 49.0 Å². The molecular formula is C27H34N6OS. The van der Waals surface area contributed by atoms with Crippen LogP contribution in [0.2, 0.25) is 0 Å². The summed E-state index contributed by atoms with van der Waals surface area (Å²) in [4.78, 5) is 22.0. The number of fused-ring (bicyclic) bond motifs is 2. The van der Waals surface area contributed by atoms with Crippen LogP contribution in [-0.4, -0.2) is 59.1 Å². The van der Waals surface area contributed by atoms with E-state index in [-0.39, 0.29) is 30.1 Å². The molecule has 1 N–H and O–H groups in total. The summed E-state index contributed by atoms with van der Waals surface area (Å²) in [5.74, 6) is 0.887. The molecule has 2 aromatic heterocycles. The standard InChI is InChI=1S/C27H34N6OS/c1-17-3-4-22-20(16-35-25(22)11-17)13-32-9-6-21(14-32)29-27(34)33-10-7-24-23(15-33)26(31-30-24)19-5-8-28-18(2)12-19/h4-5,8,11-12,16-17,21,23-24,26H,3,6-7,9-10,13-15H2,1-2H3,(H,29,34). The van der Waals surface area contributed by atoms with Gasteiger partial charge in [0.25, 0.3) is 0 Å². The smallest absolute Gasteiger partial charge is 0.317 e. The summed E-state index contributed by atoms with van der Waals surface area (Å²) in [5.41, 5.74) is 3.58. The fourth-order valence-electron chi connectivity index (χ4n) is 6.05. The van der Waals surface area contributed by atoms with E-state index in [0.717, 1.165) is 56.7 Å². The Kier molecular flexibility index (Phi) is 6.18. The van der Waals surface area contributed by atoms with E-state index in [0.29, 0.717) is 12.5 Å². The molecule has 2 amide bonds. The molecule has 2 fully saturated rings. The number of rotatable bonds is 4. The molecular weight excluding hydrogens is 456 g/mol. The Morgan fingerprint density at radius 3 is 3.03 bits per heavy atom. The number of nitrogens with one attached hydrogen (secondary N) is 1. The number of aromatic nitrogens is 1. The SMILES string of the molecule is Cc1cc(C2N=NC3CCN(C(=O)NC4CCN(Cc5csc6c5=CCC(C)C=6)C4)CC32)ccn1. The number of likely N-dealkylation sites (tertiary alicyclic amines) is 2. The predicted octanol–water partition coefficient (Wildman–Crippen LogP) is 3.23. The minimum Gasteiger partial charge on any atom is -0.334 e. The maximum Gasteiger partial charge on any atom is 0.317 e. The van der Waals surface area contributed by atoms with Crippen molar-refractivity contribution in [3.63, 3.8) is 0 Å². The van der Waals surface area contributed by atoms with Crippen molar-refractivity contribution >= 4 is 29.5 Å². The van der Waals surface area contributed by atoms with Gasteiger partial charge in [0.15, 0.2) is 0 Å². The zero-order valence-electron chi connectivity index (χ0n) is 20.6. The summed E-state index contributed by atoms with van der Waals surface area (Å²) >= 11 is 1.87. The van der Waals surface area contributed by atoms with Crippen molar-refractivity contribution in [3.8, 4) is 0 Å². The minimum absolute atomic E-state index is 0.0212. The maximum atomic E-state index is 13.2. The van der Waals surface area contributed by atoms with Gasteiger partial charge in [-0.15, -0.1) is 11.3 Å². The number of thiophene rings is 1. The number of nitrogens with zero attached hydrogens (tertiary/aromatic N) is 5. The number of urea groups is 1. The first-order valence-corrected chi connectivity index (χ1v) is 13.8. The summed E-state index contributed by atoms with van der Waals surface area (Å²) in [7, 11) is 0. The summed E-state index contributed by atoms with van der Waals surface area (Å²) in [6.45, 7) is 8.66. The van der Waals surface area contributed by atoms with E-state index in [1.165, 1.54) is 15.3 Å². The van der Waals surface area contributed by atoms with Gasteiger partial charge in [-0.2, -0.15) is 10.2 Å². The third kappa shape index (κ3) is 4.66. The molecule has 5 atom stereocenters. The van der Waals surface area contributed by atoms with Gasteiger partial charge >= 0.3 is 6.03 Å². The van der Waals surface area contributed by atoms with Crippen LogP contribution in [-0.2, 0) is 6.54 Å². The number of hydrogen-bond acceptors (Lipinski definition) is 6. The number of aryl methyl sites for hydroxylation is 1. The topological polar surface area (TPSA) is 73.2 Å². The number of azo groups is 1. The fraction of sp³-hybridized carbons (Fsp3) is 0.556. The highest BCUT2D eigenvalue weighted by atomic mass is 32.1. The Hall–Kier alpha value is -2.58. The largest absolute Gasteiger partial charge is 0.334 e. The number of hydrogen-bond donors (Lipinski definition) is 1. The Bertz CT molecular complexity index is 1250. The van der Waals surface area contributed by atoms with Gasteiger partial charge < -0.3 is 10.2 Å². The van der Waals surface area contributed by atoms with Crippen molar-refractivity contribution < 1.29 is 4.79 Å². The quantitative estimate of drug-likeness (QED) is 0.715. The van der Waals surface area contributed by atoms with Gasteiger partial charge in [0, 0.05) is 61.1 Å². The second-order valence-electron chi connectivity index (χ2n) is 10.7. The van der Waals surface area contributed by atoms with Crippen LogP contribution in [0.5, 0.6) is 0 Å². The Morgan fingerprint density at radius 2 is 2.14 bits per heavy atom. The number of amides is 2. The molecule has 2 aromatic rings. The van der Waals surface area contributed by atoms with Crippen molar-refractivity contribution in [1.82, 2.24) is 20.1 Å². The van der Waals surface area contributed by atoms with Crippen molar-refractivity contribution in [2.75, 3.05) is 26.2 Å². The minimum atomic E-state index is 0.0212. The zero-order chi connectivity index (χ0) is 23.9. The van der Waals surface area contributed by atoms with Crippen molar-refractivity contribution in [1.29, 1.82) is 0 Å². The van der Waals surface area contributed by atoms with Gasteiger partial charge in [0.05, 0.1) is 6.04 Å². The number of pyridine rings is 1. The first kappa shape index (κ1) is 22.9. The Balaban J connectivity index is 1.05. The van der Waals surface area contributed by atoms with Crippen molar-refractivity contribution in [2.45, 2.75) is 57.8 Å². The molecule has 5 heterocycles. The molecule has 6 rings (SSSR count). The third-order valence-corrected chi connectivity index (χ3v) is 8.99. The lowest BCUT2D eigenvalue weighted by molar-refractivity contribution is 0.152. The summed E-state index contributed by atoms with van der Waals surface area (Å²) < 4.78 is 1.43. The van der Waals surface area contributed by atoms with Crippen LogP contribution in [0, 0.1) is 18.8 Å². The fourth-order valence-corrected chi connectivity index (χ4v) is 7.17. The molecule has 0 saturated carbocycles. The second-order valence-corrected chi connectivity index (χ2v) is 11.6. The van der Waals surface area contributed by atoms with E-state index < -0.39 is 0 Å². The van der Waals surface area contributed by atoms with Crippen LogP contribution in [0.3, 0.4) is 0 Å². The van der Waals surface area contributed by atoms with E-state index in [1.807, 2.05) is 35.4 Å². The van der Waals surface area contributed by atoms with E-state index in [4.69, 9.17) is 0 Å². The average molecular weight is 491 g/mol. The van der Waals surface area contributed by atoms with Crippen LogP contribution < -0.4 is 15.1 Å². The summed E-state index contributed by atoms with van der Waals surface area (Å²) in [6, 6.07) is 4.64. The Morgan fingerprint density at radius 1 is 1.23 bits per heavy atom. The number of piperidine rings is 1. The molecule has 35 heavy (non-hydrogen) atoms. The average Bonchev–Trinajstić information content (AvgIpc) is 3.57. The lowest BCUT2D eigenvalue weighted by Gasteiger charge is -2.36. The highest BCUT2D eigenvalue weighted by Crippen LogP contribution is 2.40. The van der Waals surface area contributed by atoms with Gasteiger partial charge in [-0.1, -0.05) is 19.1 Å². The van der Waals surface area contributed by atoms with Gasteiger partial charge in [-0.25, -0.2) is 4.79 Å². The predicted molar refractivity (Wildman–Crippen MR) is 139 cm³/mol. The van der Waals surface area contributed by atoms with Crippen LogP contribution in [0.4, 0.5) is 4.79 Å². The highest BCUT2D eigenvalue weighted by Gasteiger charge is 2.41. The monoisotopic (exact) mass is 490 g/mol. The molecule has 3 aliphatic heterocycles. The number of carbonyl (C=O) groups is 1. The molecule has 0 spiro atoms. The van der Waals surface area contributed by atoms with E-state index in [2.05, 4.69) is 56.0 Å². The molecule has 1 aliphatic carbocycles. The summed E-state index contributed by atoms with van der Waals surface area (Å²) in [5, 5.41) is 16.3. The van der Waals surface area contributed by atoms with Gasteiger partial charge in [0.2, 0.25) is 0 Å². The first-order valence-electron chi connectivity index (χ1n) is 12.9. The highest BCUT2D eigenvalue weighted by molar-refractivity contribution is 7.07. The molecule has 7 nitrogen and oxygen atoms in total. The zero-order valence-corrected chi connectivity index (χ0v) is 21.4. The number of carbonyl (C=O) groups excluding carboxylic acids is 1. The lowest BCUT2D eigenvalue weighted by Crippen LogP contribution is -2.52. The molecule has 4 aliphatic rings. The van der Waals surface area contributed by atoms with E-state index in [1.54, 1.807) is 0 Å². The normalized spacial score (nSPS) is 29.9. The van der Waals surface area contributed by atoms with Crippen LogP contribution in [0.15, 0.2) is 33.9 Å². The summed E-state index contributed by atoms with van der Waals surface area (Å²) in [6.07, 6.45) is 9.69. The second kappa shape index (κ2) is 9.47. The third-order valence-electron chi connectivity index (χ3n) is 7.98. The van der Waals surface area contributed by atoms with Gasteiger partial charge in [-0.05, 0) is 66.0 Å². The molecule has 2 saturated heterocycles. The molecule has 0 aromatic carbocycles. The van der Waals surface area contributed by atoms with Crippen LogP contribution in [0.25, 0.3) is 12.2 Å². The van der Waals surface area contributed by atoms with Gasteiger partial charge in [0.1, 0.15) is 6.04 Å². The van der Waals surface area contributed by atoms with E-state index in [9.17, 15) is 4.79 Å². The maximum absolute atomic E-state index is 13.2.